The number of imide groups is 1. The van der Waals surface area contributed by atoms with E-state index in [1.807, 2.05) is 7.05 Å². The molecule has 2 heterocycles. The zero-order valence-electron chi connectivity index (χ0n) is 19.3. The van der Waals surface area contributed by atoms with Crippen LogP contribution < -0.4 is 15.1 Å². The number of likely N-dealkylation sites (tertiary alicyclic amines) is 1. The second-order valence-corrected chi connectivity index (χ2v) is 9.61. The average Bonchev–Trinajstić information content (AvgIpc) is 3.04. The van der Waals surface area contributed by atoms with Gasteiger partial charge < -0.3 is 15.1 Å². The smallest absolute Gasteiger partial charge is 0.283 e. The Bertz CT molecular complexity index is 1190. The number of rotatable bonds is 5. The van der Waals surface area contributed by atoms with Crippen molar-refractivity contribution < 1.29 is 19.3 Å². The number of carbonyl (C=O) groups excluding carboxylic acids is 3. The molecule has 0 spiro atoms. The summed E-state index contributed by atoms with van der Waals surface area (Å²) in [7, 11) is 3.99. The third-order valence-corrected chi connectivity index (χ3v) is 7.32. The second kappa shape index (κ2) is 9.78. The van der Waals surface area contributed by atoms with E-state index >= 15 is 0 Å². The molecule has 0 saturated carbocycles. The Balaban J connectivity index is 1.53. The summed E-state index contributed by atoms with van der Waals surface area (Å²) in [5, 5.41) is 3.18. The van der Waals surface area contributed by atoms with Crippen LogP contribution in [-0.2, 0) is 9.59 Å². The van der Waals surface area contributed by atoms with Gasteiger partial charge in [-0.3, -0.25) is 14.4 Å². The van der Waals surface area contributed by atoms with Crippen LogP contribution >= 0.6 is 23.2 Å². The van der Waals surface area contributed by atoms with Gasteiger partial charge in [0, 0.05) is 42.2 Å². The first-order chi connectivity index (χ1) is 16.2. The van der Waals surface area contributed by atoms with Crippen molar-refractivity contribution in [1.82, 2.24) is 4.90 Å². The van der Waals surface area contributed by atoms with Gasteiger partial charge in [0.05, 0.1) is 25.8 Å². The van der Waals surface area contributed by atoms with Gasteiger partial charge in [0.15, 0.2) is 0 Å². The summed E-state index contributed by atoms with van der Waals surface area (Å²) in [5.74, 6) is -1.29. The van der Waals surface area contributed by atoms with Crippen molar-refractivity contribution in [2.45, 2.75) is 25.8 Å². The Hall–Kier alpha value is -2.87. The largest absolute Gasteiger partial charge is 0.350 e. The van der Waals surface area contributed by atoms with Crippen molar-refractivity contribution in [1.29, 1.82) is 0 Å². The maximum atomic E-state index is 13.1. The van der Waals surface area contributed by atoms with Crippen LogP contribution in [0.5, 0.6) is 0 Å². The van der Waals surface area contributed by atoms with E-state index in [0.29, 0.717) is 27.5 Å². The van der Waals surface area contributed by atoms with Gasteiger partial charge in [-0.1, -0.05) is 35.3 Å². The number of nitrogens with zero attached hydrogens (tertiary/aromatic N) is 2. The third kappa shape index (κ3) is 4.56. The first-order valence-electron chi connectivity index (χ1n) is 11.2. The molecular formula is C25H27Cl2N4O3+. The van der Waals surface area contributed by atoms with Crippen molar-refractivity contribution in [2.24, 2.45) is 0 Å². The van der Waals surface area contributed by atoms with Gasteiger partial charge >= 0.3 is 0 Å². The van der Waals surface area contributed by atoms with E-state index in [-0.39, 0.29) is 22.7 Å². The molecule has 7 nitrogen and oxygen atoms in total. The lowest BCUT2D eigenvalue weighted by Crippen LogP contribution is -3.10. The lowest BCUT2D eigenvalue weighted by atomic mass is 10.0. The fourth-order valence-electron chi connectivity index (χ4n) is 4.39. The fraction of sp³-hybridized carbons (Fsp3) is 0.320. The maximum Gasteiger partial charge on any atom is 0.283 e. The van der Waals surface area contributed by atoms with Crippen LogP contribution in [-0.4, -0.2) is 55.8 Å². The molecule has 1 saturated heterocycles. The number of piperidine rings is 1. The van der Waals surface area contributed by atoms with Gasteiger partial charge in [-0.2, -0.15) is 0 Å². The number of carbonyl (C=O) groups is 3. The molecule has 0 aliphatic carbocycles. The summed E-state index contributed by atoms with van der Waals surface area (Å²) in [5.41, 5.74) is 1.92. The summed E-state index contributed by atoms with van der Waals surface area (Å²) in [6.07, 6.45) is 1.92. The number of hydrogen-bond acceptors (Lipinski definition) is 4. The Morgan fingerprint density at radius 3 is 2.47 bits per heavy atom. The van der Waals surface area contributed by atoms with Crippen LogP contribution in [0.25, 0.3) is 0 Å². The molecule has 2 aliphatic heterocycles. The van der Waals surface area contributed by atoms with Crippen LogP contribution in [0.3, 0.4) is 0 Å². The zero-order valence-corrected chi connectivity index (χ0v) is 20.8. The number of hydrogen-bond donors (Lipinski definition) is 2. The molecule has 2 aliphatic rings. The Morgan fingerprint density at radius 2 is 1.76 bits per heavy atom. The third-order valence-electron chi connectivity index (χ3n) is 6.56. The fourth-order valence-corrected chi connectivity index (χ4v) is 4.78. The molecule has 3 amide bonds. The normalized spacial score (nSPS) is 20.7. The minimum atomic E-state index is -0.629. The van der Waals surface area contributed by atoms with E-state index in [2.05, 4.69) is 12.4 Å². The Morgan fingerprint density at radius 1 is 1.09 bits per heavy atom. The molecule has 178 valence electrons. The molecule has 0 unspecified atom stereocenters. The zero-order chi connectivity index (χ0) is 24.6. The minimum Gasteiger partial charge on any atom is -0.350 e. The molecule has 0 bridgehead atoms. The molecule has 2 aromatic rings. The molecular weight excluding hydrogens is 475 g/mol. The number of nitrogens with one attached hydrogen (secondary N) is 2. The van der Waals surface area contributed by atoms with Gasteiger partial charge in [-0.25, -0.2) is 4.90 Å². The van der Waals surface area contributed by atoms with Gasteiger partial charge in [0.1, 0.15) is 10.7 Å². The van der Waals surface area contributed by atoms with Crippen LogP contribution in [0.1, 0.15) is 28.8 Å². The highest BCUT2D eigenvalue weighted by Crippen LogP contribution is 2.34. The van der Waals surface area contributed by atoms with Crippen molar-refractivity contribution in [2.75, 3.05) is 37.4 Å². The van der Waals surface area contributed by atoms with Crippen LogP contribution in [0.15, 0.2) is 53.2 Å². The van der Waals surface area contributed by atoms with Gasteiger partial charge in [0.2, 0.25) is 0 Å². The molecule has 0 atom stereocenters. The molecule has 0 aromatic heterocycles. The quantitative estimate of drug-likeness (QED) is 0.617. The standard InChI is InChI=1S/C25H26Cl2N4O3/c1-15-19(26)8-5-9-20(15)31-24(33)21(27)22(25(31)34)28-17-7-4-6-16(14-17)23(32)30(3)18-10-12-29(2)13-11-18/h4-9,14,18,28H,10-13H2,1-3H3/p+1. The highest BCUT2D eigenvalue weighted by molar-refractivity contribution is 6.53. The predicted octanol–water partition coefficient (Wildman–Crippen LogP) is 2.83. The highest BCUT2D eigenvalue weighted by Gasteiger charge is 2.39. The van der Waals surface area contributed by atoms with Crippen molar-refractivity contribution in [3.05, 3.63) is 69.3 Å². The molecule has 9 heteroatoms. The predicted molar refractivity (Wildman–Crippen MR) is 133 cm³/mol. The molecule has 34 heavy (non-hydrogen) atoms. The number of quaternary nitrogens is 1. The van der Waals surface area contributed by atoms with Crippen LogP contribution in [0.2, 0.25) is 5.02 Å². The summed E-state index contributed by atoms with van der Waals surface area (Å²) in [4.78, 5) is 43.3. The summed E-state index contributed by atoms with van der Waals surface area (Å²) in [6, 6.07) is 12.1. The summed E-state index contributed by atoms with van der Waals surface area (Å²) >= 11 is 12.4. The van der Waals surface area contributed by atoms with Crippen LogP contribution in [0.4, 0.5) is 11.4 Å². The highest BCUT2D eigenvalue weighted by atomic mass is 35.5. The van der Waals surface area contributed by atoms with Gasteiger partial charge in [-0.15, -0.1) is 0 Å². The first-order valence-corrected chi connectivity index (χ1v) is 11.9. The topological polar surface area (TPSA) is 74.2 Å². The summed E-state index contributed by atoms with van der Waals surface area (Å²) < 4.78 is 0. The SMILES string of the molecule is Cc1c(Cl)cccc1N1C(=O)C(Cl)=C(Nc2cccc(C(=O)N(C)C3CC[NH+](C)CC3)c2)C1=O. The molecule has 2 aromatic carbocycles. The second-order valence-electron chi connectivity index (χ2n) is 8.83. The maximum absolute atomic E-state index is 13.1. The molecule has 2 N–H and O–H groups in total. The van der Waals surface area contributed by atoms with E-state index in [4.69, 9.17) is 23.2 Å². The van der Waals surface area contributed by atoms with Crippen LogP contribution in [0, 0.1) is 6.92 Å². The first kappa shape index (κ1) is 24.3. The van der Waals surface area contributed by atoms with E-state index in [9.17, 15) is 14.4 Å². The van der Waals surface area contributed by atoms with E-state index in [1.54, 1.807) is 54.3 Å². The summed E-state index contributed by atoms with van der Waals surface area (Å²) in [6.45, 7) is 3.80. The van der Waals surface area contributed by atoms with Gasteiger partial charge in [0.25, 0.3) is 17.7 Å². The lowest BCUT2D eigenvalue weighted by molar-refractivity contribution is -0.885. The van der Waals surface area contributed by atoms with E-state index < -0.39 is 11.8 Å². The lowest BCUT2D eigenvalue weighted by Gasteiger charge is -2.33. The molecule has 0 radical (unpaired) electrons. The number of halogens is 2. The van der Waals surface area contributed by atoms with E-state index in [1.165, 1.54) is 4.90 Å². The number of benzene rings is 2. The Kier molecular flexibility index (Phi) is 6.98. The molecule has 1 fully saturated rings. The number of anilines is 2. The van der Waals surface area contributed by atoms with Crippen molar-refractivity contribution in [3.63, 3.8) is 0 Å². The van der Waals surface area contributed by atoms with E-state index in [0.717, 1.165) is 30.8 Å². The monoisotopic (exact) mass is 501 g/mol. The van der Waals surface area contributed by atoms with Gasteiger partial charge in [-0.05, 0) is 42.8 Å². The minimum absolute atomic E-state index is 0.0395. The van der Waals surface area contributed by atoms with Crippen molar-refractivity contribution >= 4 is 52.3 Å². The Labute approximate surface area is 208 Å². The number of amides is 3. The molecule has 4 rings (SSSR count). The van der Waals surface area contributed by atoms with Crippen molar-refractivity contribution in [3.8, 4) is 0 Å². The average molecular weight is 502 g/mol.